The Morgan fingerprint density at radius 1 is 1.20 bits per heavy atom. The number of fused-ring (bicyclic) bond motifs is 1. The zero-order valence-electron chi connectivity index (χ0n) is 13.9. The molecule has 0 saturated heterocycles. The molecule has 1 atom stereocenters. The molecule has 0 fully saturated rings. The molecule has 1 unspecified atom stereocenters. The molecule has 8 nitrogen and oxygen atoms in total. The summed E-state index contributed by atoms with van der Waals surface area (Å²) in [6.45, 7) is 3.48. The third-order valence-electron chi connectivity index (χ3n) is 4.17. The van der Waals surface area contributed by atoms with Gasteiger partial charge in [-0.2, -0.15) is 15.1 Å². The average Bonchev–Trinajstić information content (AvgIpc) is 3.28. The largest absolute Gasteiger partial charge is 0.382 e. The molecule has 2 aromatic heterocycles. The Morgan fingerprint density at radius 2 is 2.04 bits per heavy atom. The number of aromatic nitrogens is 4. The summed E-state index contributed by atoms with van der Waals surface area (Å²) in [5.41, 5.74) is 8.06. The van der Waals surface area contributed by atoms with Crippen molar-refractivity contribution in [2.24, 2.45) is 0 Å². The lowest BCUT2D eigenvalue weighted by atomic mass is 10.2. The third-order valence-corrected chi connectivity index (χ3v) is 4.17. The van der Waals surface area contributed by atoms with E-state index in [1.807, 2.05) is 35.1 Å². The van der Waals surface area contributed by atoms with Crippen molar-refractivity contribution in [1.82, 2.24) is 19.7 Å². The van der Waals surface area contributed by atoms with Gasteiger partial charge in [0.15, 0.2) is 17.9 Å². The normalized spacial score (nSPS) is 15.7. The molecular formula is C17H20N8. The van der Waals surface area contributed by atoms with Crippen molar-refractivity contribution in [2.45, 2.75) is 19.8 Å². The van der Waals surface area contributed by atoms with Gasteiger partial charge in [-0.1, -0.05) is 30.3 Å². The molecule has 1 aliphatic rings. The van der Waals surface area contributed by atoms with Crippen molar-refractivity contribution in [2.75, 3.05) is 27.8 Å². The Labute approximate surface area is 145 Å². The van der Waals surface area contributed by atoms with E-state index in [0.717, 1.165) is 23.6 Å². The number of rotatable bonds is 5. The van der Waals surface area contributed by atoms with E-state index in [1.54, 1.807) is 6.20 Å². The summed E-state index contributed by atoms with van der Waals surface area (Å²) in [4.78, 5) is 11.1. The van der Waals surface area contributed by atoms with Gasteiger partial charge in [0.25, 0.3) is 0 Å². The van der Waals surface area contributed by atoms with Crippen LogP contribution in [0.25, 0.3) is 0 Å². The summed E-state index contributed by atoms with van der Waals surface area (Å²) in [7, 11) is 0. The van der Waals surface area contributed by atoms with E-state index in [2.05, 4.69) is 49.7 Å². The highest BCUT2D eigenvalue weighted by Gasteiger charge is 2.33. The number of hydrogen-bond donors (Lipinski definition) is 3. The standard InChI is InChI=1S/C17H20N8/c1-2-24-15-13(21-17(24)25-10-6-9-20-25)14(18)22-16(23-15)19-11-12-7-4-3-5-8-12/h3-10,17,21H,2,11H2,1H3,(H3,18,19,22,23). The predicted octanol–water partition coefficient (Wildman–Crippen LogP) is 2.28. The number of nitrogen functional groups attached to an aromatic ring is 1. The van der Waals surface area contributed by atoms with Crippen molar-refractivity contribution in [3.63, 3.8) is 0 Å². The fourth-order valence-corrected chi connectivity index (χ4v) is 2.95. The lowest BCUT2D eigenvalue weighted by Gasteiger charge is -2.24. The van der Waals surface area contributed by atoms with E-state index in [9.17, 15) is 0 Å². The van der Waals surface area contributed by atoms with Gasteiger partial charge >= 0.3 is 0 Å². The van der Waals surface area contributed by atoms with E-state index in [-0.39, 0.29) is 6.29 Å². The molecule has 0 bridgehead atoms. The number of nitrogens with two attached hydrogens (primary N) is 1. The van der Waals surface area contributed by atoms with Crippen LogP contribution < -0.4 is 21.3 Å². The van der Waals surface area contributed by atoms with Gasteiger partial charge in [-0.15, -0.1) is 0 Å². The first-order valence-corrected chi connectivity index (χ1v) is 8.24. The van der Waals surface area contributed by atoms with Crippen molar-refractivity contribution in [1.29, 1.82) is 0 Å². The van der Waals surface area contributed by atoms with Crippen LogP contribution >= 0.6 is 0 Å². The molecule has 8 heteroatoms. The van der Waals surface area contributed by atoms with Crippen LogP contribution in [0.3, 0.4) is 0 Å². The molecule has 4 N–H and O–H groups in total. The van der Waals surface area contributed by atoms with E-state index in [1.165, 1.54) is 0 Å². The molecule has 0 spiro atoms. The van der Waals surface area contributed by atoms with Crippen LogP contribution in [0.1, 0.15) is 18.8 Å². The minimum atomic E-state index is -0.157. The van der Waals surface area contributed by atoms with Gasteiger partial charge in [-0.05, 0) is 18.6 Å². The molecule has 3 aromatic rings. The molecule has 1 aliphatic heterocycles. The zero-order valence-corrected chi connectivity index (χ0v) is 13.9. The second-order valence-electron chi connectivity index (χ2n) is 5.76. The predicted molar refractivity (Wildman–Crippen MR) is 98.1 cm³/mol. The summed E-state index contributed by atoms with van der Waals surface area (Å²) in [5, 5.41) is 10.9. The second kappa shape index (κ2) is 6.31. The quantitative estimate of drug-likeness (QED) is 0.657. The van der Waals surface area contributed by atoms with Crippen LogP contribution in [0.4, 0.5) is 23.3 Å². The Bertz CT molecular complexity index is 847. The molecular weight excluding hydrogens is 316 g/mol. The lowest BCUT2D eigenvalue weighted by Crippen LogP contribution is -2.33. The summed E-state index contributed by atoms with van der Waals surface area (Å²) in [6.07, 6.45) is 3.50. The van der Waals surface area contributed by atoms with Crippen LogP contribution in [0.5, 0.6) is 0 Å². The molecule has 0 amide bonds. The first-order valence-electron chi connectivity index (χ1n) is 8.24. The minimum absolute atomic E-state index is 0.157. The summed E-state index contributed by atoms with van der Waals surface area (Å²) in [6, 6.07) is 12.0. The Hall–Kier alpha value is -3.29. The minimum Gasteiger partial charge on any atom is -0.382 e. The van der Waals surface area contributed by atoms with Gasteiger partial charge in [-0.25, -0.2) is 4.68 Å². The average molecular weight is 336 g/mol. The highest BCUT2D eigenvalue weighted by molar-refractivity contribution is 5.81. The maximum atomic E-state index is 6.16. The Balaban J connectivity index is 1.60. The number of anilines is 4. The van der Waals surface area contributed by atoms with Crippen LogP contribution in [-0.4, -0.2) is 26.3 Å². The van der Waals surface area contributed by atoms with Gasteiger partial charge in [0, 0.05) is 25.5 Å². The Morgan fingerprint density at radius 3 is 2.76 bits per heavy atom. The summed E-state index contributed by atoms with van der Waals surface area (Å²) in [5.74, 6) is 1.72. The van der Waals surface area contributed by atoms with Gasteiger partial charge < -0.3 is 21.3 Å². The van der Waals surface area contributed by atoms with Crippen LogP contribution in [-0.2, 0) is 6.54 Å². The molecule has 1 aromatic carbocycles. The van der Waals surface area contributed by atoms with Gasteiger partial charge in [-0.3, -0.25) is 0 Å². The molecule has 0 saturated carbocycles. The number of nitrogens with zero attached hydrogens (tertiary/aromatic N) is 5. The number of hydrogen-bond acceptors (Lipinski definition) is 7. The Kier molecular flexibility index (Phi) is 3.85. The second-order valence-corrected chi connectivity index (χ2v) is 5.76. The van der Waals surface area contributed by atoms with E-state index in [0.29, 0.717) is 18.3 Å². The van der Waals surface area contributed by atoms with Gasteiger partial charge in [0.2, 0.25) is 5.95 Å². The number of nitrogens with one attached hydrogen (secondary N) is 2. The van der Waals surface area contributed by atoms with E-state index >= 15 is 0 Å². The topological polar surface area (TPSA) is 96.9 Å². The summed E-state index contributed by atoms with van der Waals surface area (Å²) >= 11 is 0. The first kappa shape index (κ1) is 15.3. The SMILES string of the molecule is CCN1c2nc(NCc3ccccc3)nc(N)c2NC1n1cccn1. The molecule has 3 heterocycles. The summed E-state index contributed by atoms with van der Waals surface area (Å²) < 4.78 is 1.84. The van der Waals surface area contributed by atoms with Crippen molar-refractivity contribution >= 4 is 23.3 Å². The fraction of sp³-hybridized carbons (Fsp3) is 0.235. The van der Waals surface area contributed by atoms with E-state index in [4.69, 9.17) is 5.73 Å². The third kappa shape index (κ3) is 2.82. The zero-order chi connectivity index (χ0) is 17.2. The number of benzene rings is 1. The molecule has 128 valence electrons. The van der Waals surface area contributed by atoms with Crippen LogP contribution in [0.2, 0.25) is 0 Å². The van der Waals surface area contributed by atoms with E-state index < -0.39 is 0 Å². The first-order chi connectivity index (χ1) is 12.3. The maximum Gasteiger partial charge on any atom is 0.227 e. The van der Waals surface area contributed by atoms with Crippen molar-refractivity contribution in [3.8, 4) is 0 Å². The monoisotopic (exact) mass is 336 g/mol. The molecule has 0 radical (unpaired) electrons. The van der Waals surface area contributed by atoms with Gasteiger partial charge in [0.1, 0.15) is 5.69 Å². The highest BCUT2D eigenvalue weighted by atomic mass is 15.5. The van der Waals surface area contributed by atoms with Crippen molar-refractivity contribution < 1.29 is 0 Å². The van der Waals surface area contributed by atoms with Crippen LogP contribution in [0, 0.1) is 0 Å². The highest BCUT2D eigenvalue weighted by Crippen LogP contribution is 2.40. The van der Waals surface area contributed by atoms with Crippen molar-refractivity contribution in [3.05, 3.63) is 54.4 Å². The lowest BCUT2D eigenvalue weighted by molar-refractivity contribution is 0.493. The molecule has 25 heavy (non-hydrogen) atoms. The molecule has 4 rings (SSSR count). The smallest absolute Gasteiger partial charge is 0.227 e. The van der Waals surface area contributed by atoms with Crippen LogP contribution in [0.15, 0.2) is 48.8 Å². The molecule has 0 aliphatic carbocycles. The maximum absolute atomic E-state index is 6.16. The fourth-order valence-electron chi connectivity index (χ4n) is 2.95. The van der Waals surface area contributed by atoms with Gasteiger partial charge in [0.05, 0.1) is 0 Å².